The first-order valence-electron chi connectivity index (χ1n) is 8.52. The molecule has 0 saturated carbocycles. The zero-order chi connectivity index (χ0) is 21.7. The van der Waals surface area contributed by atoms with Crippen LogP contribution >= 0.6 is 23.2 Å². The Balaban J connectivity index is 1.93. The number of carbonyl (C=O) groups excluding carboxylic acids is 1. The molecule has 0 spiro atoms. The second-order valence-electron chi connectivity index (χ2n) is 5.79. The van der Waals surface area contributed by atoms with E-state index in [1.807, 2.05) is 0 Å². The van der Waals surface area contributed by atoms with Crippen LogP contribution in [0.2, 0.25) is 10.2 Å². The van der Waals surface area contributed by atoms with Gasteiger partial charge in [-0.3, -0.25) is 9.71 Å². The van der Waals surface area contributed by atoms with Gasteiger partial charge in [-0.15, -0.1) is 0 Å². The topological polar surface area (TPSA) is 107 Å². The van der Waals surface area contributed by atoms with Crippen LogP contribution in [0.4, 0.5) is 5.69 Å². The normalized spacial score (nSPS) is 11.0. The first-order chi connectivity index (χ1) is 14.3. The molecule has 2 heterocycles. The first kappa shape index (κ1) is 21.8. The van der Waals surface area contributed by atoms with E-state index in [9.17, 15) is 13.2 Å². The number of nitrogens with zero attached hydrogens (tertiary/aromatic N) is 2. The Morgan fingerprint density at radius 2 is 1.90 bits per heavy atom. The summed E-state index contributed by atoms with van der Waals surface area (Å²) in [5.74, 6) is -0.237. The fourth-order valence-corrected chi connectivity index (χ4v) is 3.63. The first-order valence-corrected chi connectivity index (χ1v) is 10.8. The fourth-order valence-electron chi connectivity index (χ4n) is 2.36. The van der Waals surface area contributed by atoms with E-state index in [2.05, 4.69) is 14.7 Å². The number of carbonyl (C=O) groups is 1. The molecule has 30 heavy (non-hydrogen) atoms. The lowest BCUT2D eigenvalue weighted by Crippen LogP contribution is -2.14. The second kappa shape index (κ2) is 9.29. The van der Waals surface area contributed by atoms with E-state index in [4.69, 9.17) is 32.7 Å². The van der Waals surface area contributed by atoms with Crippen molar-refractivity contribution in [3.8, 4) is 11.5 Å². The van der Waals surface area contributed by atoms with Gasteiger partial charge in [-0.2, -0.15) is 0 Å². The molecule has 0 unspecified atom stereocenters. The van der Waals surface area contributed by atoms with E-state index in [0.29, 0.717) is 10.8 Å². The predicted octanol–water partition coefficient (Wildman–Crippen LogP) is 4.55. The number of esters is 1. The van der Waals surface area contributed by atoms with Crippen LogP contribution in [-0.2, 0) is 14.8 Å². The molecule has 0 aliphatic carbocycles. The number of hydrogen-bond donors (Lipinski definition) is 1. The summed E-state index contributed by atoms with van der Waals surface area (Å²) in [6, 6.07) is 8.38. The number of nitrogens with one attached hydrogen (secondary N) is 1. The number of aromatic nitrogens is 2. The highest BCUT2D eigenvalue weighted by atomic mass is 35.5. The van der Waals surface area contributed by atoms with Gasteiger partial charge in [0.05, 0.1) is 17.8 Å². The average Bonchev–Trinajstić information content (AvgIpc) is 2.69. The largest absolute Gasteiger partial charge is 0.462 e. The van der Waals surface area contributed by atoms with Crippen LogP contribution in [0.3, 0.4) is 0 Å². The van der Waals surface area contributed by atoms with Gasteiger partial charge >= 0.3 is 5.97 Å². The molecule has 0 atom stereocenters. The van der Waals surface area contributed by atoms with E-state index in [1.165, 1.54) is 48.8 Å². The van der Waals surface area contributed by atoms with Crippen molar-refractivity contribution in [1.29, 1.82) is 0 Å². The molecule has 3 aromatic rings. The smallest absolute Gasteiger partial charge is 0.342 e. The Hall–Kier alpha value is -2.88. The van der Waals surface area contributed by atoms with Crippen molar-refractivity contribution in [3.63, 3.8) is 0 Å². The maximum absolute atomic E-state index is 12.6. The molecule has 3 rings (SSSR count). The van der Waals surface area contributed by atoms with Crippen molar-refractivity contribution in [3.05, 3.63) is 70.7 Å². The minimum atomic E-state index is -3.95. The van der Waals surface area contributed by atoms with E-state index < -0.39 is 16.0 Å². The molecule has 0 bridgehead atoms. The van der Waals surface area contributed by atoms with Crippen LogP contribution < -0.4 is 9.46 Å². The summed E-state index contributed by atoms with van der Waals surface area (Å²) in [5.41, 5.74) is 0.149. The zero-order valence-corrected chi connectivity index (χ0v) is 17.8. The molecule has 0 amide bonds. The number of rotatable bonds is 7. The third-order valence-electron chi connectivity index (χ3n) is 3.65. The number of anilines is 1. The molecule has 0 saturated heterocycles. The van der Waals surface area contributed by atoms with E-state index >= 15 is 0 Å². The Labute approximate surface area is 182 Å². The van der Waals surface area contributed by atoms with Gasteiger partial charge < -0.3 is 9.47 Å². The summed E-state index contributed by atoms with van der Waals surface area (Å²) in [6.07, 6.45) is 3.98. The van der Waals surface area contributed by atoms with Gasteiger partial charge in [-0.25, -0.2) is 18.2 Å². The molecule has 11 heteroatoms. The van der Waals surface area contributed by atoms with Gasteiger partial charge in [0.1, 0.15) is 27.1 Å². The lowest BCUT2D eigenvalue weighted by molar-refractivity contribution is 0.0523. The molecule has 0 aliphatic heterocycles. The Morgan fingerprint density at radius 3 is 2.57 bits per heavy atom. The number of hydrogen-bond acceptors (Lipinski definition) is 7. The quantitative estimate of drug-likeness (QED) is 0.400. The van der Waals surface area contributed by atoms with Gasteiger partial charge in [-0.05, 0) is 37.3 Å². The highest BCUT2D eigenvalue weighted by molar-refractivity contribution is 7.92. The fraction of sp³-hybridized carbons (Fsp3) is 0.105. The highest BCUT2D eigenvalue weighted by Crippen LogP contribution is 2.30. The standard InChI is InChI=1S/C19H15Cl2N3O5S/c1-2-28-19(25)16-8-13(24-30(26,27)15-4-6-18(21)23-11-15)3-5-17(16)29-14-7-12(20)9-22-10-14/h3-11,24H,2H2,1H3. The third-order valence-corrected chi connectivity index (χ3v) is 5.44. The van der Waals surface area contributed by atoms with Crippen LogP contribution in [-0.4, -0.2) is 31.0 Å². The molecular weight excluding hydrogens is 453 g/mol. The molecule has 0 radical (unpaired) electrons. The molecule has 1 N–H and O–H groups in total. The molecule has 2 aromatic heterocycles. The molecule has 0 aliphatic rings. The van der Waals surface area contributed by atoms with Crippen LogP contribution in [0.5, 0.6) is 11.5 Å². The van der Waals surface area contributed by atoms with Gasteiger partial charge in [-0.1, -0.05) is 23.2 Å². The molecule has 8 nitrogen and oxygen atoms in total. The summed E-state index contributed by atoms with van der Waals surface area (Å²) in [6.45, 7) is 1.78. The van der Waals surface area contributed by atoms with Crippen LogP contribution in [0.25, 0.3) is 0 Å². The second-order valence-corrected chi connectivity index (χ2v) is 8.30. The number of benzene rings is 1. The van der Waals surface area contributed by atoms with Crippen molar-refractivity contribution < 1.29 is 22.7 Å². The number of sulfonamides is 1. The number of halogens is 2. The molecule has 156 valence electrons. The monoisotopic (exact) mass is 467 g/mol. The maximum Gasteiger partial charge on any atom is 0.342 e. The Kier molecular flexibility index (Phi) is 6.76. The Bertz CT molecular complexity index is 1170. The van der Waals surface area contributed by atoms with Gasteiger partial charge in [0, 0.05) is 24.1 Å². The van der Waals surface area contributed by atoms with Gasteiger partial charge in [0.25, 0.3) is 10.0 Å². The number of ether oxygens (including phenoxy) is 2. The van der Waals surface area contributed by atoms with Crippen molar-refractivity contribution in [2.45, 2.75) is 11.8 Å². The lowest BCUT2D eigenvalue weighted by atomic mass is 10.2. The zero-order valence-electron chi connectivity index (χ0n) is 15.5. The Morgan fingerprint density at radius 1 is 1.10 bits per heavy atom. The van der Waals surface area contributed by atoms with Crippen molar-refractivity contribution in [2.75, 3.05) is 11.3 Å². The van der Waals surface area contributed by atoms with Crippen molar-refractivity contribution in [2.24, 2.45) is 0 Å². The van der Waals surface area contributed by atoms with Gasteiger partial charge in [0.2, 0.25) is 0 Å². The third kappa shape index (κ3) is 5.38. The summed E-state index contributed by atoms with van der Waals surface area (Å²) >= 11 is 11.6. The van der Waals surface area contributed by atoms with E-state index in [1.54, 1.807) is 6.92 Å². The maximum atomic E-state index is 12.6. The van der Waals surface area contributed by atoms with Crippen LogP contribution in [0.1, 0.15) is 17.3 Å². The van der Waals surface area contributed by atoms with Crippen molar-refractivity contribution >= 4 is 44.9 Å². The summed E-state index contributed by atoms with van der Waals surface area (Å²) < 4.78 is 38.3. The summed E-state index contributed by atoms with van der Waals surface area (Å²) in [5, 5.41) is 0.515. The summed E-state index contributed by atoms with van der Waals surface area (Å²) in [7, 11) is -3.95. The van der Waals surface area contributed by atoms with Crippen LogP contribution in [0.15, 0.2) is 59.9 Å². The summed E-state index contributed by atoms with van der Waals surface area (Å²) in [4.78, 5) is 20.0. The molecular formula is C19H15Cl2N3O5S. The minimum Gasteiger partial charge on any atom is -0.462 e. The lowest BCUT2D eigenvalue weighted by Gasteiger charge is -2.13. The number of pyridine rings is 2. The predicted molar refractivity (Wildman–Crippen MR) is 112 cm³/mol. The van der Waals surface area contributed by atoms with Gasteiger partial charge in [0.15, 0.2) is 0 Å². The average molecular weight is 468 g/mol. The molecule has 1 aromatic carbocycles. The van der Waals surface area contributed by atoms with Crippen molar-refractivity contribution in [1.82, 2.24) is 9.97 Å². The van der Waals surface area contributed by atoms with E-state index in [0.717, 1.165) is 6.20 Å². The van der Waals surface area contributed by atoms with Crippen LogP contribution in [0, 0.1) is 0 Å². The van der Waals surface area contributed by atoms with E-state index in [-0.39, 0.29) is 33.7 Å². The minimum absolute atomic E-state index is 0.0197. The molecule has 0 fully saturated rings. The SMILES string of the molecule is CCOC(=O)c1cc(NS(=O)(=O)c2ccc(Cl)nc2)ccc1Oc1cncc(Cl)c1. The highest BCUT2D eigenvalue weighted by Gasteiger charge is 2.19.